The molecule has 3 N–H and O–H groups in total. The molecule has 0 bridgehead atoms. The third kappa shape index (κ3) is 3.54. The van der Waals surface area contributed by atoms with Gasteiger partial charge in [0.15, 0.2) is 0 Å². The number of nitrogens with two attached hydrogens (primary N) is 1. The number of nitrogens with zero attached hydrogens (tertiary/aromatic N) is 2. The van der Waals surface area contributed by atoms with Gasteiger partial charge in [-0.3, -0.25) is 5.84 Å². The molecule has 0 aliphatic heterocycles. The third-order valence-corrected chi connectivity index (χ3v) is 3.67. The molecule has 0 aromatic carbocycles. The number of nitrogens with one attached hydrogen (secondary N) is 1. The van der Waals surface area contributed by atoms with Crippen molar-refractivity contribution in [1.29, 1.82) is 0 Å². The summed E-state index contributed by atoms with van der Waals surface area (Å²) in [7, 11) is 0. The molecule has 98 valence electrons. The van der Waals surface area contributed by atoms with Crippen molar-refractivity contribution < 1.29 is 0 Å². The van der Waals surface area contributed by atoms with Crippen LogP contribution in [0.3, 0.4) is 0 Å². The molecule has 1 aromatic rings. The van der Waals surface area contributed by atoms with Crippen molar-refractivity contribution in [2.75, 3.05) is 0 Å². The molecular formula is C13H26N4. The molecule has 4 heteroatoms. The van der Waals surface area contributed by atoms with E-state index >= 15 is 0 Å². The Hall–Kier alpha value is -0.870. The quantitative estimate of drug-likeness (QED) is 0.612. The van der Waals surface area contributed by atoms with Crippen LogP contribution in [0.25, 0.3) is 0 Å². The number of aromatic nitrogens is 2. The lowest BCUT2D eigenvalue weighted by Gasteiger charge is -2.30. The third-order valence-electron chi connectivity index (χ3n) is 3.67. The van der Waals surface area contributed by atoms with E-state index in [1.165, 1.54) is 0 Å². The highest BCUT2D eigenvalue weighted by molar-refractivity contribution is 4.99. The van der Waals surface area contributed by atoms with Gasteiger partial charge < -0.3 is 4.57 Å². The SMILES string of the molecule is CCn1ccnc1C(CC(C)C(C)(C)C)NN. The van der Waals surface area contributed by atoms with E-state index in [1.807, 2.05) is 12.4 Å². The number of hydrazine groups is 1. The Balaban J connectivity index is 2.79. The van der Waals surface area contributed by atoms with Crippen molar-refractivity contribution in [2.45, 2.75) is 53.6 Å². The number of hydrogen-bond donors (Lipinski definition) is 2. The molecule has 2 atom stereocenters. The molecular weight excluding hydrogens is 212 g/mol. The molecule has 1 heterocycles. The molecule has 0 spiro atoms. The number of aryl methyl sites for hydroxylation is 1. The van der Waals surface area contributed by atoms with E-state index in [4.69, 9.17) is 5.84 Å². The molecule has 0 radical (unpaired) electrons. The average molecular weight is 238 g/mol. The Labute approximate surface area is 105 Å². The molecule has 0 aliphatic carbocycles. The van der Waals surface area contributed by atoms with Gasteiger partial charge in [0.2, 0.25) is 0 Å². The normalized spacial score (nSPS) is 15.9. The van der Waals surface area contributed by atoms with Crippen LogP contribution >= 0.6 is 0 Å². The van der Waals surface area contributed by atoms with Crippen molar-refractivity contribution in [3.8, 4) is 0 Å². The standard InChI is InChI=1S/C13H26N4/c1-6-17-8-7-15-12(17)11(16-14)9-10(2)13(3,4)5/h7-8,10-11,16H,6,9,14H2,1-5H3. The lowest BCUT2D eigenvalue weighted by Crippen LogP contribution is -2.33. The van der Waals surface area contributed by atoms with Crippen molar-refractivity contribution in [3.63, 3.8) is 0 Å². The Morgan fingerprint density at radius 2 is 2.12 bits per heavy atom. The van der Waals surface area contributed by atoms with E-state index in [1.54, 1.807) is 0 Å². The van der Waals surface area contributed by atoms with Crippen molar-refractivity contribution in [3.05, 3.63) is 18.2 Å². The maximum atomic E-state index is 5.68. The van der Waals surface area contributed by atoms with Crippen molar-refractivity contribution in [2.24, 2.45) is 17.2 Å². The number of rotatable bonds is 5. The zero-order valence-corrected chi connectivity index (χ0v) is 11.7. The average Bonchev–Trinajstić information content (AvgIpc) is 2.71. The Morgan fingerprint density at radius 3 is 2.59 bits per heavy atom. The predicted molar refractivity (Wildman–Crippen MR) is 71.2 cm³/mol. The van der Waals surface area contributed by atoms with Crippen molar-refractivity contribution in [1.82, 2.24) is 15.0 Å². The molecule has 17 heavy (non-hydrogen) atoms. The minimum Gasteiger partial charge on any atom is -0.334 e. The predicted octanol–water partition coefficient (Wildman–Crippen LogP) is 2.48. The number of hydrogen-bond acceptors (Lipinski definition) is 3. The van der Waals surface area contributed by atoms with Gasteiger partial charge in [-0.1, -0.05) is 27.7 Å². The van der Waals surface area contributed by atoms with Gasteiger partial charge in [0.05, 0.1) is 6.04 Å². The zero-order valence-electron chi connectivity index (χ0n) is 11.7. The summed E-state index contributed by atoms with van der Waals surface area (Å²) in [5, 5.41) is 0. The van der Waals surface area contributed by atoms with Crippen LogP contribution in [0.15, 0.2) is 12.4 Å². The van der Waals surface area contributed by atoms with Gasteiger partial charge >= 0.3 is 0 Å². The summed E-state index contributed by atoms with van der Waals surface area (Å²) in [5.74, 6) is 7.28. The molecule has 0 aliphatic rings. The molecule has 0 amide bonds. The summed E-state index contributed by atoms with van der Waals surface area (Å²) < 4.78 is 2.14. The summed E-state index contributed by atoms with van der Waals surface area (Å²) in [6.45, 7) is 12.1. The Kier molecular flexibility index (Phi) is 4.71. The maximum Gasteiger partial charge on any atom is 0.127 e. The van der Waals surface area contributed by atoms with E-state index in [0.717, 1.165) is 18.8 Å². The van der Waals surface area contributed by atoms with Crippen LogP contribution in [-0.2, 0) is 6.54 Å². The highest BCUT2D eigenvalue weighted by Crippen LogP contribution is 2.32. The smallest absolute Gasteiger partial charge is 0.127 e. The molecule has 2 unspecified atom stereocenters. The monoisotopic (exact) mass is 238 g/mol. The van der Waals surface area contributed by atoms with Gasteiger partial charge in [0, 0.05) is 18.9 Å². The van der Waals surface area contributed by atoms with Gasteiger partial charge in [-0.2, -0.15) is 0 Å². The lowest BCUT2D eigenvalue weighted by atomic mass is 9.78. The van der Waals surface area contributed by atoms with Gasteiger partial charge in [0.1, 0.15) is 5.82 Å². The van der Waals surface area contributed by atoms with E-state index in [0.29, 0.717) is 11.3 Å². The summed E-state index contributed by atoms with van der Waals surface area (Å²) in [5.41, 5.74) is 3.19. The Morgan fingerprint density at radius 1 is 1.47 bits per heavy atom. The van der Waals surface area contributed by atoms with Crippen LogP contribution in [0.5, 0.6) is 0 Å². The minimum atomic E-state index is 0.124. The maximum absolute atomic E-state index is 5.68. The first kappa shape index (κ1) is 14.2. The minimum absolute atomic E-state index is 0.124. The van der Waals surface area contributed by atoms with Gasteiger partial charge in [0.25, 0.3) is 0 Å². The molecule has 0 fully saturated rings. The van der Waals surface area contributed by atoms with E-state index in [-0.39, 0.29) is 6.04 Å². The fourth-order valence-corrected chi connectivity index (χ4v) is 1.85. The Bertz CT molecular complexity index is 337. The second-order valence-corrected chi connectivity index (χ2v) is 5.79. The summed E-state index contributed by atoms with van der Waals surface area (Å²) in [4.78, 5) is 4.41. The van der Waals surface area contributed by atoms with Crippen LogP contribution in [-0.4, -0.2) is 9.55 Å². The lowest BCUT2D eigenvalue weighted by molar-refractivity contribution is 0.219. The van der Waals surface area contributed by atoms with E-state index in [2.05, 4.69) is 49.6 Å². The largest absolute Gasteiger partial charge is 0.334 e. The first-order valence-electron chi connectivity index (χ1n) is 6.37. The second kappa shape index (κ2) is 5.65. The fourth-order valence-electron chi connectivity index (χ4n) is 1.85. The van der Waals surface area contributed by atoms with Crippen molar-refractivity contribution >= 4 is 0 Å². The first-order valence-corrected chi connectivity index (χ1v) is 6.37. The summed E-state index contributed by atoms with van der Waals surface area (Å²) in [6, 6.07) is 0.124. The van der Waals surface area contributed by atoms with Gasteiger partial charge in [-0.05, 0) is 24.7 Å². The van der Waals surface area contributed by atoms with Crippen LogP contribution in [0, 0.1) is 11.3 Å². The number of imidazole rings is 1. The van der Waals surface area contributed by atoms with Crippen LogP contribution in [0.4, 0.5) is 0 Å². The first-order chi connectivity index (χ1) is 7.90. The highest BCUT2D eigenvalue weighted by Gasteiger charge is 2.25. The molecule has 4 nitrogen and oxygen atoms in total. The molecule has 0 saturated carbocycles. The second-order valence-electron chi connectivity index (χ2n) is 5.79. The van der Waals surface area contributed by atoms with Crippen LogP contribution in [0.1, 0.15) is 52.9 Å². The molecule has 1 rings (SSSR count). The van der Waals surface area contributed by atoms with Gasteiger partial charge in [-0.15, -0.1) is 0 Å². The summed E-state index contributed by atoms with van der Waals surface area (Å²) in [6.07, 6.45) is 4.84. The zero-order chi connectivity index (χ0) is 13.1. The summed E-state index contributed by atoms with van der Waals surface area (Å²) >= 11 is 0. The van der Waals surface area contributed by atoms with E-state index in [9.17, 15) is 0 Å². The van der Waals surface area contributed by atoms with Gasteiger partial charge in [-0.25, -0.2) is 10.4 Å². The van der Waals surface area contributed by atoms with E-state index < -0.39 is 0 Å². The molecule has 0 saturated heterocycles. The van der Waals surface area contributed by atoms with Crippen LogP contribution < -0.4 is 11.3 Å². The molecule has 1 aromatic heterocycles. The topological polar surface area (TPSA) is 55.9 Å². The van der Waals surface area contributed by atoms with Crippen LogP contribution in [0.2, 0.25) is 0 Å². The highest BCUT2D eigenvalue weighted by atomic mass is 15.3. The fraction of sp³-hybridized carbons (Fsp3) is 0.769.